The molecule has 3 N–H and O–H groups in total. The maximum absolute atomic E-state index is 12.9. The number of amides is 2. The van der Waals surface area contributed by atoms with E-state index in [4.69, 9.17) is 4.65 Å². The summed E-state index contributed by atoms with van der Waals surface area (Å²) in [6.45, 7) is 9.04. The summed E-state index contributed by atoms with van der Waals surface area (Å²) in [5.41, 5.74) is 3.59. The van der Waals surface area contributed by atoms with Crippen molar-refractivity contribution in [1.82, 2.24) is 5.32 Å². The van der Waals surface area contributed by atoms with Crippen molar-refractivity contribution in [2.24, 2.45) is 0 Å². The van der Waals surface area contributed by atoms with Crippen molar-refractivity contribution in [3.63, 3.8) is 0 Å². The van der Waals surface area contributed by atoms with Crippen molar-refractivity contribution in [3.05, 3.63) is 77.9 Å². The molecule has 0 spiro atoms. The highest BCUT2D eigenvalue weighted by Crippen LogP contribution is 2.18. The summed E-state index contributed by atoms with van der Waals surface area (Å²) in [6.07, 6.45) is 0.355. The van der Waals surface area contributed by atoms with E-state index in [1.807, 2.05) is 32.0 Å². The maximum atomic E-state index is 12.9. The highest BCUT2D eigenvalue weighted by atomic mass is 16.6. The van der Waals surface area contributed by atoms with Gasteiger partial charge in [0.1, 0.15) is 12.3 Å². The van der Waals surface area contributed by atoms with Crippen LogP contribution in [0.15, 0.2) is 61.2 Å². The Morgan fingerprint density at radius 3 is 2.40 bits per heavy atom. The summed E-state index contributed by atoms with van der Waals surface area (Å²) in [7, 11) is -2.06. The van der Waals surface area contributed by atoms with Crippen molar-refractivity contribution in [2.45, 2.75) is 39.5 Å². The predicted molar refractivity (Wildman–Crippen MR) is 116 cm³/mol. The van der Waals surface area contributed by atoms with Gasteiger partial charge >= 0.3 is 7.32 Å². The average Bonchev–Trinajstić information content (AvgIpc) is 2.71. The van der Waals surface area contributed by atoms with Crippen LogP contribution in [-0.2, 0) is 20.7 Å². The van der Waals surface area contributed by atoms with Crippen LogP contribution in [0.3, 0.4) is 0 Å². The predicted octanol–water partition coefficient (Wildman–Crippen LogP) is 1.88. The monoisotopic (exact) mass is 410 g/mol. The van der Waals surface area contributed by atoms with Gasteiger partial charge in [0, 0.05) is 12.1 Å². The van der Waals surface area contributed by atoms with Crippen LogP contribution < -0.4 is 10.2 Å². The molecule has 0 aliphatic rings. The van der Waals surface area contributed by atoms with E-state index in [0.717, 1.165) is 22.8 Å². The quantitative estimate of drug-likeness (QED) is 0.333. The number of aryl methyl sites for hydroxylation is 2. The first-order valence-corrected chi connectivity index (χ1v) is 9.61. The lowest BCUT2D eigenvalue weighted by Gasteiger charge is -2.29. The molecule has 0 unspecified atom stereocenters. The van der Waals surface area contributed by atoms with Gasteiger partial charge in [0.05, 0.1) is 0 Å². The Labute approximate surface area is 177 Å². The Balaban J connectivity index is 2.20. The minimum Gasteiger partial charge on any atom is -0.402 e. The Morgan fingerprint density at radius 2 is 1.83 bits per heavy atom. The Hall–Kier alpha value is -2.94. The highest BCUT2D eigenvalue weighted by molar-refractivity contribution is 6.32. The fraction of sp³-hybridized carbons (Fsp3) is 0.273. The van der Waals surface area contributed by atoms with E-state index in [-0.39, 0.29) is 6.42 Å². The largest absolute Gasteiger partial charge is 0.635 e. The number of carbonyl (C=O) groups excluding carboxylic acids is 2. The first kappa shape index (κ1) is 23.3. The van der Waals surface area contributed by atoms with Gasteiger partial charge in [-0.15, -0.1) is 0 Å². The Morgan fingerprint density at radius 1 is 1.17 bits per heavy atom. The zero-order valence-electron chi connectivity index (χ0n) is 17.4. The average molecular weight is 410 g/mol. The van der Waals surface area contributed by atoms with Gasteiger partial charge in [-0.3, -0.25) is 14.5 Å². The minimum absolute atomic E-state index is 0.220. The lowest BCUT2D eigenvalue weighted by molar-refractivity contribution is -0.127. The number of para-hydroxylation sites is 1. The first-order valence-electron chi connectivity index (χ1n) is 9.61. The van der Waals surface area contributed by atoms with Crippen molar-refractivity contribution < 1.29 is 24.3 Å². The lowest BCUT2D eigenvalue weighted by Crippen LogP contribution is -2.52. The van der Waals surface area contributed by atoms with Crippen LogP contribution in [0.2, 0.25) is 0 Å². The minimum atomic E-state index is -2.06. The molecule has 0 aliphatic heterocycles. The molecule has 2 atom stereocenters. The topological polar surface area (TPSA) is 99.1 Å². The van der Waals surface area contributed by atoms with Gasteiger partial charge in [-0.05, 0) is 55.7 Å². The smallest absolute Gasteiger partial charge is 0.402 e. The third-order valence-electron chi connectivity index (χ3n) is 4.79. The van der Waals surface area contributed by atoms with Crippen LogP contribution in [0.4, 0.5) is 5.69 Å². The number of hydrogen-bond donors (Lipinski definition) is 3. The second kappa shape index (κ2) is 10.7. The van der Waals surface area contributed by atoms with E-state index in [1.165, 1.54) is 4.90 Å². The molecule has 0 fully saturated rings. The fourth-order valence-corrected chi connectivity index (χ4v) is 3.05. The molecule has 158 valence electrons. The summed E-state index contributed by atoms with van der Waals surface area (Å²) >= 11 is 0. The lowest BCUT2D eigenvalue weighted by atomic mass is 10.0. The standard InChI is InChI=1S/C22H27BN2O5/c1-5-21(26)25(19-9-7-6-8-10-19)17(4)22(27)24-20(30-23(28)29)14-18-12-11-15(2)16(3)13-18/h5-13,17,20,28-29H,1,14H2,2-4H3,(H,24,27)/t17-,20+/m0/s1. The number of rotatable bonds is 9. The van der Waals surface area contributed by atoms with Crippen LogP contribution in [0, 0.1) is 13.8 Å². The van der Waals surface area contributed by atoms with E-state index in [1.54, 1.807) is 37.3 Å². The molecular weight excluding hydrogens is 383 g/mol. The van der Waals surface area contributed by atoms with E-state index in [9.17, 15) is 19.6 Å². The molecule has 2 amide bonds. The van der Waals surface area contributed by atoms with Gasteiger partial charge in [0.2, 0.25) is 5.91 Å². The zero-order chi connectivity index (χ0) is 22.3. The van der Waals surface area contributed by atoms with E-state index in [0.29, 0.717) is 5.69 Å². The third kappa shape index (κ3) is 6.28. The van der Waals surface area contributed by atoms with Gasteiger partial charge in [-0.25, -0.2) is 0 Å². The van der Waals surface area contributed by atoms with Crippen LogP contribution in [0.25, 0.3) is 0 Å². The molecule has 0 saturated carbocycles. The van der Waals surface area contributed by atoms with Crippen LogP contribution in [0.5, 0.6) is 0 Å². The number of nitrogens with zero attached hydrogens (tertiary/aromatic N) is 1. The normalized spacial score (nSPS) is 12.6. The number of carbonyl (C=O) groups is 2. The molecule has 0 saturated heterocycles. The molecule has 0 radical (unpaired) electrons. The molecule has 2 aromatic carbocycles. The maximum Gasteiger partial charge on any atom is 0.635 e. The van der Waals surface area contributed by atoms with Gasteiger partial charge < -0.3 is 20.0 Å². The molecule has 0 bridgehead atoms. The van der Waals surface area contributed by atoms with Gasteiger partial charge in [0.15, 0.2) is 0 Å². The molecule has 8 heteroatoms. The van der Waals surface area contributed by atoms with E-state index >= 15 is 0 Å². The van der Waals surface area contributed by atoms with Crippen LogP contribution in [-0.4, -0.2) is 41.5 Å². The molecular formula is C22H27BN2O5. The van der Waals surface area contributed by atoms with Crippen molar-refractivity contribution in [2.75, 3.05) is 4.90 Å². The SMILES string of the molecule is C=CC(=O)N(c1ccccc1)[C@@H](C)C(=O)N[C@@H](Cc1ccc(C)c(C)c1)OB(O)O. The number of nitrogens with one attached hydrogen (secondary N) is 1. The van der Waals surface area contributed by atoms with Crippen molar-refractivity contribution in [1.29, 1.82) is 0 Å². The van der Waals surface area contributed by atoms with Gasteiger partial charge in [0.25, 0.3) is 5.91 Å². The molecule has 0 aromatic heterocycles. The summed E-state index contributed by atoms with van der Waals surface area (Å²) in [6, 6.07) is 13.6. The second-order valence-corrected chi connectivity index (χ2v) is 7.01. The van der Waals surface area contributed by atoms with E-state index < -0.39 is 31.4 Å². The molecule has 0 heterocycles. The number of benzene rings is 2. The van der Waals surface area contributed by atoms with Crippen LogP contribution >= 0.6 is 0 Å². The highest BCUT2D eigenvalue weighted by Gasteiger charge is 2.29. The summed E-state index contributed by atoms with van der Waals surface area (Å²) in [5.74, 6) is -0.943. The Bertz CT molecular complexity index is 888. The molecule has 7 nitrogen and oxygen atoms in total. The first-order chi connectivity index (χ1) is 14.2. The Kier molecular flexibility index (Phi) is 8.35. The molecule has 30 heavy (non-hydrogen) atoms. The fourth-order valence-electron chi connectivity index (χ4n) is 3.05. The summed E-state index contributed by atoms with van der Waals surface area (Å²) in [5, 5.41) is 21.2. The van der Waals surface area contributed by atoms with Gasteiger partial charge in [-0.1, -0.05) is 43.0 Å². The van der Waals surface area contributed by atoms with Crippen molar-refractivity contribution >= 4 is 24.8 Å². The summed E-state index contributed by atoms with van der Waals surface area (Å²) in [4.78, 5) is 26.6. The van der Waals surface area contributed by atoms with Crippen LogP contribution in [0.1, 0.15) is 23.6 Å². The van der Waals surface area contributed by atoms with E-state index in [2.05, 4.69) is 11.9 Å². The number of anilines is 1. The zero-order valence-corrected chi connectivity index (χ0v) is 17.4. The number of hydrogen-bond acceptors (Lipinski definition) is 5. The third-order valence-corrected chi connectivity index (χ3v) is 4.79. The molecule has 2 rings (SSSR count). The summed E-state index contributed by atoms with van der Waals surface area (Å²) < 4.78 is 5.07. The molecule has 2 aromatic rings. The molecule has 0 aliphatic carbocycles. The van der Waals surface area contributed by atoms with Crippen molar-refractivity contribution in [3.8, 4) is 0 Å². The second-order valence-electron chi connectivity index (χ2n) is 7.01. The van der Waals surface area contributed by atoms with Gasteiger partial charge in [-0.2, -0.15) is 0 Å².